The van der Waals surface area contributed by atoms with Crippen LogP contribution in [0.4, 0.5) is 5.69 Å². The number of hydrogen-bond acceptors (Lipinski definition) is 3. The van der Waals surface area contributed by atoms with Crippen LogP contribution in [-0.4, -0.2) is 26.5 Å². The summed E-state index contributed by atoms with van der Waals surface area (Å²) in [5.41, 5.74) is 6.48. The minimum atomic E-state index is -0.183. The van der Waals surface area contributed by atoms with E-state index in [9.17, 15) is 0 Å². The molecule has 0 unspecified atom stereocenters. The fraction of sp³-hybridized carbons (Fsp3) is 0.400. The van der Waals surface area contributed by atoms with Crippen LogP contribution in [0, 0.1) is 0 Å². The Balaban J connectivity index is 2.53. The minimum Gasteiger partial charge on any atom is -0.485 e. The molecule has 14 heavy (non-hydrogen) atoms. The lowest BCUT2D eigenvalue weighted by Crippen LogP contribution is -2.21. The van der Waals surface area contributed by atoms with Crippen LogP contribution in [0.2, 0.25) is 0 Å². The topological polar surface area (TPSA) is 44.5 Å². The predicted octanol–water partition coefficient (Wildman–Crippen LogP) is 1.41. The van der Waals surface area contributed by atoms with E-state index in [2.05, 4.69) is 13.3 Å². The summed E-state index contributed by atoms with van der Waals surface area (Å²) in [6, 6.07) is 3.93. The van der Waals surface area contributed by atoms with Crippen LogP contribution in [0.1, 0.15) is 0 Å². The van der Waals surface area contributed by atoms with Gasteiger partial charge in [-0.2, -0.15) is 0 Å². The standard InChI is InChI=1S/C10H14NO2P/c1-14(2)8-4-3-7(11)9-10(8)13-6-5-12-9/h3-4H,5-6,11H2,1-2H3. The first-order valence-electron chi connectivity index (χ1n) is 4.55. The van der Waals surface area contributed by atoms with E-state index >= 15 is 0 Å². The van der Waals surface area contributed by atoms with Crippen molar-refractivity contribution in [2.24, 2.45) is 0 Å². The lowest BCUT2D eigenvalue weighted by Gasteiger charge is -2.23. The van der Waals surface area contributed by atoms with E-state index in [0.29, 0.717) is 18.9 Å². The normalized spacial score (nSPS) is 14.5. The summed E-state index contributed by atoms with van der Waals surface area (Å²) >= 11 is 0. The molecule has 1 aliphatic rings. The molecule has 0 saturated carbocycles. The minimum absolute atomic E-state index is 0.183. The van der Waals surface area contributed by atoms with Crippen molar-refractivity contribution in [2.45, 2.75) is 0 Å². The van der Waals surface area contributed by atoms with Crippen LogP contribution in [0.3, 0.4) is 0 Å². The molecule has 1 heterocycles. The van der Waals surface area contributed by atoms with Crippen molar-refractivity contribution in [1.29, 1.82) is 0 Å². The maximum absolute atomic E-state index is 5.81. The van der Waals surface area contributed by atoms with E-state index in [1.807, 2.05) is 12.1 Å². The number of ether oxygens (including phenoxy) is 2. The van der Waals surface area contributed by atoms with E-state index in [4.69, 9.17) is 15.2 Å². The van der Waals surface area contributed by atoms with E-state index in [-0.39, 0.29) is 7.92 Å². The third kappa shape index (κ3) is 1.53. The zero-order valence-electron chi connectivity index (χ0n) is 8.41. The van der Waals surface area contributed by atoms with Gasteiger partial charge in [0.2, 0.25) is 0 Å². The maximum atomic E-state index is 5.81. The Morgan fingerprint density at radius 2 is 1.79 bits per heavy atom. The van der Waals surface area contributed by atoms with Crippen molar-refractivity contribution in [3.63, 3.8) is 0 Å². The van der Waals surface area contributed by atoms with Crippen molar-refractivity contribution in [3.05, 3.63) is 12.1 Å². The third-order valence-electron chi connectivity index (χ3n) is 2.18. The van der Waals surface area contributed by atoms with Gasteiger partial charge in [0, 0.05) is 5.30 Å². The van der Waals surface area contributed by atoms with Crippen LogP contribution >= 0.6 is 7.92 Å². The maximum Gasteiger partial charge on any atom is 0.184 e. The summed E-state index contributed by atoms with van der Waals surface area (Å²) in [6.45, 7) is 5.59. The average molecular weight is 211 g/mol. The van der Waals surface area contributed by atoms with E-state index < -0.39 is 0 Å². The molecule has 0 atom stereocenters. The van der Waals surface area contributed by atoms with Crippen molar-refractivity contribution in [1.82, 2.24) is 0 Å². The fourth-order valence-corrected chi connectivity index (χ4v) is 2.44. The second-order valence-corrected chi connectivity index (χ2v) is 5.69. The Morgan fingerprint density at radius 1 is 1.14 bits per heavy atom. The molecular formula is C10H14NO2P. The molecule has 2 rings (SSSR count). The first kappa shape index (κ1) is 9.60. The summed E-state index contributed by atoms with van der Waals surface area (Å²) in [4.78, 5) is 0. The van der Waals surface area contributed by atoms with Crippen molar-refractivity contribution in [2.75, 3.05) is 32.3 Å². The molecule has 1 aromatic rings. The molecule has 0 amide bonds. The predicted molar refractivity (Wildman–Crippen MR) is 60.2 cm³/mol. The summed E-state index contributed by atoms with van der Waals surface area (Å²) in [7, 11) is -0.183. The van der Waals surface area contributed by atoms with Crippen LogP contribution < -0.4 is 20.5 Å². The highest BCUT2D eigenvalue weighted by Crippen LogP contribution is 2.40. The highest BCUT2D eigenvalue weighted by molar-refractivity contribution is 7.64. The number of benzene rings is 1. The molecule has 0 fully saturated rings. The van der Waals surface area contributed by atoms with Gasteiger partial charge in [0.1, 0.15) is 13.2 Å². The van der Waals surface area contributed by atoms with Gasteiger partial charge >= 0.3 is 0 Å². The molecule has 0 aliphatic carbocycles. The monoisotopic (exact) mass is 211 g/mol. The lowest BCUT2D eigenvalue weighted by molar-refractivity contribution is 0.174. The van der Waals surface area contributed by atoms with Gasteiger partial charge in [-0.05, 0) is 25.5 Å². The third-order valence-corrected chi connectivity index (χ3v) is 3.50. The summed E-state index contributed by atoms with van der Waals surface area (Å²) in [6.07, 6.45) is 0. The Morgan fingerprint density at radius 3 is 2.43 bits per heavy atom. The second-order valence-electron chi connectivity index (χ2n) is 3.42. The van der Waals surface area contributed by atoms with Crippen molar-refractivity contribution >= 4 is 18.9 Å². The Labute approximate surface area is 85.0 Å². The van der Waals surface area contributed by atoms with Gasteiger partial charge in [-0.25, -0.2) is 0 Å². The van der Waals surface area contributed by atoms with Gasteiger partial charge in [-0.15, -0.1) is 0 Å². The number of nitrogens with two attached hydrogens (primary N) is 1. The zero-order chi connectivity index (χ0) is 10.1. The van der Waals surface area contributed by atoms with Crippen LogP contribution in [0.25, 0.3) is 0 Å². The highest BCUT2D eigenvalue weighted by Gasteiger charge is 2.19. The van der Waals surface area contributed by atoms with Gasteiger partial charge in [0.05, 0.1) is 5.69 Å². The summed E-state index contributed by atoms with van der Waals surface area (Å²) in [5.74, 6) is 1.58. The summed E-state index contributed by atoms with van der Waals surface area (Å²) < 4.78 is 11.1. The Kier molecular flexibility index (Phi) is 2.51. The quantitative estimate of drug-likeness (QED) is 0.564. The van der Waals surface area contributed by atoms with E-state index in [0.717, 1.165) is 11.5 Å². The number of fused-ring (bicyclic) bond motifs is 1. The Hall–Kier alpha value is -0.950. The number of rotatable bonds is 1. The fourth-order valence-electron chi connectivity index (χ4n) is 1.50. The van der Waals surface area contributed by atoms with E-state index in [1.54, 1.807) is 0 Å². The SMILES string of the molecule is CP(C)c1ccc(N)c2c1OCCO2. The molecule has 1 aromatic carbocycles. The molecule has 3 nitrogen and oxygen atoms in total. The summed E-state index contributed by atoms with van der Waals surface area (Å²) in [5, 5.41) is 1.23. The van der Waals surface area contributed by atoms with Gasteiger partial charge in [0.15, 0.2) is 11.5 Å². The van der Waals surface area contributed by atoms with Gasteiger partial charge in [-0.3, -0.25) is 0 Å². The van der Waals surface area contributed by atoms with Crippen molar-refractivity contribution < 1.29 is 9.47 Å². The smallest absolute Gasteiger partial charge is 0.184 e. The molecule has 0 aromatic heterocycles. The largest absolute Gasteiger partial charge is 0.485 e. The van der Waals surface area contributed by atoms with Gasteiger partial charge in [-0.1, -0.05) is 7.92 Å². The average Bonchev–Trinajstić information content (AvgIpc) is 2.18. The van der Waals surface area contributed by atoms with E-state index in [1.165, 1.54) is 5.30 Å². The molecule has 0 radical (unpaired) electrons. The first-order chi connectivity index (χ1) is 6.70. The van der Waals surface area contributed by atoms with Crippen LogP contribution in [-0.2, 0) is 0 Å². The van der Waals surface area contributed by atoms with Gasteiger partial charge < -0.3 is 15.2 Å². The molecule has 4 heteroatoms. The molecule has 2 N–H and O–H groups in total. The molecule has 1 aliphatic heterocycles. The Bertz CT molecular complexity index is 352. The molecule has 0 spiro atoms. The number of nitrogen functional groups attached to an aromatic ring is 1. The number of hydrogen-bond donors (Lipinski definition) is 1. The molecule has 0 bridgehead atoms. The molecular weight excluding hydrogens is 197 g/mol. The second kappa shape index (κ2) is 3.66. The number of anilines is 1. The molecule has 76 valence electrons. The highest BCUT2D eigenvalue weighted by atomic mass is 31.1. The van der Waals surface area contributed by atoms with Gasteiger partial charge in [0.25, 0.3) is 0 Å². The first-order valence-corrected chi connectivity index (χ1v) is 6.79. The van der Waals surface area contributed by atoms with Crippen molar-refractivity contribution in [3.8, 4) is 11.5 Å². The molecule has 0 saturated heterocycles. The van der Waals surface area contributed by atoms with Crippen LogP contribution in [0.15, 0.2) is 12.1 Å². The lowest BCUT2D eigenvalue weighted by atomic mass is 10.2. The zero-order valence-corrected chi connectivity index (χ0v) is 9.30. The van der Waals surface area contributed by atoms with Crippen LogP contribution in [0.5, 0.6) is 11.5 Å².